The maximum Gasteiger partial charge on any atom is 0.0541 e. The molecule has 0 fully saturated rings. The standard InChI is InChI=1S/C67H48/c1-2-18-48-44(16-1)17-15-28-51(48)52-40-38-45(49-19-3-4-20-50(49)52)35-32-43-33-36-46(37-34-43)65-57-24-5-7-26-59(57)66(60-27-8-6-25-58(60)65)47-39-41-56-55-23-11-14-31-63(55)67(64(56)42-47)61-29-12-9-21-53(61)54-22-10-13-30-62(54)67/h1-33,35-36,38-41,57,59,64H,34,37,42H2. The van der Waals surface area contributed by atoms with Gasteiger partial charge in [-0.15, -0.1) is 0 Å². The summed E-state index contributed by atoms with van der Waals surface area (Å²) in [4.78, 5) is 0. The highest BCUT2D eigenvalue weighted by Crippen LogP contribution is 2.66. The molecule has 0 nitrogen and oxygen atoms in total. The van der Waals surface area contributed by atoms with Gasteiger partial charge in [-0.1, -0.05) is 237 Å². The van der Waals surface area contributed by atoms with Crippen LogP contribution in [0.15, 0.2) is 247 Å². The first-order chi connectivity index (χ1) is 33.3. The lowest BCUT2D eigenvalue weighted by atomic mass is 9.62. The Balaban J connectivity index is 0.854. The van der Waals surface area contributed by atoms with Crippen molar-refractivity contribution in [3.8, 4) is 22.3 Å². The SMILES string of the molecule is C1=CC2C(C3=CC=C(C=Cc4ccc(-c5cccc6ccccc56)c5ccccc45)CC3)=c3ccccc3=C(C3=CC=C4c5ccccc5C5(c6ccccc6-c6ccccc65)C4C3)C2C=C1. The fourth-order valence-electron chi connectivity index (χ4n) is 13.4. The van der Waals surface area contributed by atoms with Crippen molar-refractivity contribution in [2.75, 3.05) is 0 Å². The highest BCUT2D eigenvalue weighted by Gasteiger charge is 2.56. The summed E-state index contributed by atoms with van der Waals surface area (Å²) in [6.45, 7) is 0. The van der Waals surface area contributed by atoms with Crippen molar-refractivity contribution in [1.82, 2.24) is 0 Å². The Morgan fingerprint density at radius 2 is 0.955 bits per heavy atom. The fourth-order valence-corrected chi connectivity index (χ4v) is 13.4. The Bertz CT molecular complexity index is 3740. The number of fused-ring (bicyclic) bond motifs is 14. The molecule has 0 amide bonds. The van der Waals surface area contributed by atoms with Gasteiger partial charge in [-0.3, -0.25) is 0 Å². The number of hydrogen-bond acceptors (Lipinski definition) is 0. The maximum atomic E-state index is 2.50. The van der Waals surface area contributed by atoms with E-state index in [4.69, 9.17) is 0 Å². The molecule has 0 aromatic heterocycles. The topological polar surface area (TPSA) is 0 Å². The van der Waals surface area contributed by atoms with Crippen LogP contribution in [0.4, 0.5) is 0 Å². The monoisotopic (exact) mass is 852 g/mol. The van der Waals surface area contributed by atoms with Crippen molar-refractivity contribution in [3.05, 3.63) is 286 Å². The van der Waals surface area contributed by atoms with Gasteiger partial charge in [0.05, 0.1) is 5.41 Å². The molecular weight excluding hydrogens is 805 g/mol. The summed E-state index contributed by atoms with van der Waals surface area (Å²) in [6.07, 6.45) is 27.1. The van der Waals surface area contributed by atoms with Gasteiger partial charge in [0, 0.05) is 17.8 Å². The predicted molar refractivity (Wildman–Crippen MR) is 281 cm³/mol. The molecule has 8 aromatic carbocycles. The molecule has 0 N–H and O–H groups in total. The smallest absolute Gasteiger partial charge is 0.0541 e. The van der Waals surface area contributed by atoms with Gasteiger partial charge in [-0.05, 0) is 135 Å². The first-order valence-corrected chi connectivity index (χ1v) is 24.2. The average molecular weight is 853 g/mol. The van der Waals surface area contributed by atoms with Crippen LogP contribution in [0.25, 0.3) is 66.6 Å². The summed E-state index contributed by atoms with van der Waals surface area (Å²) >= 11 is 0. The zero-order chi connectivity index (χ0) is 44.1. The molecule has 67 heavy (non-hydrogen) atoms. The number of benzene rings is 8. The van der Waals surface area contributed by atoms with Crippen molar-refractivity contribution in [2.45, 2.75) is 24.7 Å². The molecule has 6 aliphatic rings. The lowest BCUT2D eigenvalue weighted by Gasteiger charge is -2.40. The van der Waals surface area contributed by atoms with Crippen molar-refractivity contribution < 1.29 is 0 Å². The molecule has 316 valence electrons. The van der Waals surface area contributed by atoms with Crippen molar-refractivity contribution in [1.29, 1.82) is 0 Å². The molecule has 3 unspecified atom stereocenters. The van der Waals surface area contributed by atoms with E-state index in [9.17, 15) is 0 Å². The largest absolute Gasteiger partial charge is 0.0761 e. The molecule has 14 rings (SSSR count). The lowest BCUT2D eigenvalue weighted by molar-refractivity contribution is 0.486. The second-order valence-electron chi connectivity index (χ2n) is 19.3. The van der Waals surface area contributed by atoms with Crippen LogP contribution in [0.3, 0.4) is 0 Å². The van der Waals surface area contributed by atoms with Crippen LogP contribution in [0.1, 0.15) is 47.1 Å². The van der Waals surface area contributed by atoms with Crippen molar-refractivity contribution >= 4 is 44.3 Å². The predicted octanol–water partition coefficient (Wildman–Crippen LogP) is 15.1. The minimum atomic E-state index is -0.234. The van der Waals surface area contributed by atoms with Crippen molar-refractivity contribution in [3.63, 3.8) is 0 Å². The fraction of sp³-hybridized carbons (Fsp3) is 0.104. The molecule has 0 heterocycles. The second-order valence-corrected chi connectivity index (χ2v) is 19.3. The summed E-state index contributed by atoms with van der Waals surface area (Å²) in [5.41, 5.74) is 20.9. The Kier molecular flexibility index (Phi) is 8.68. The van der Waals surface area contributed by atoms with Crippen LogP contribution in [-0.2, 0) is 5.41 Å². The van der Waals surface area contributed by atoms with E-state index >= 15 is 0 Å². The summed E-state index contributed by atoms with van der Waals surface area (Å²) in [5, 5.41) is 7.93. The van der Waals surface area contributed by atoms with Crippen LogP contribution in [0.2, 0.25) is 0 Å². The Hall–Kier alpha value is -7.80. The van der Waals surface area contributed by atoms with Crippen LogP contribution in [0, 0.1) is 17.8 Å². The van der Waals surface area contributed by atoms with Gasteiger partial charge in [0.1, 0.15) is 0 Å². The first kappa shape index (κ1) is 38.5. The third kappa shape index (κ3) is 5.66. The Labute approximate surface area is 392 Å². The zero-order valence-electron chi connectivity index (χ0n) is 37.4. The Morgan fingerprint density at radius 1 is 0.403 bits per heavy atom. The third-order valence-corrected chi connectivity index (χ3v) is 16.1. The maximum absolute atomic E-state index is 2.50. The number of rotatable bonds is 5. The quantitative estimate of drug-likeness (QED) is 0.162. The van der Waals surface area contributed by atoms with E-state index in [1.165, 1.54) is 115 Å². The van der Waals surface area contributed by atoms with E-state index in [2.05, 4.69) is 237 Å². The molecule has 8 aromatic rings. The minimum Gasteiger partial charge on any atom is -0.0761 e. The molecule has 0 saturated carbocycles. The molecule has 0 saturated heterocycles. The Morgan fingerprint density at radius 3 is 1.67 bits per heavy atom. The lowest BCUT2D eigenvalue weighted by Crippen LogP contribution is -2.41. The molecule has 0 aliphatic heterocycles. The molecule has 3 atom stereocenters. The van der Waals surface area contributed by atoms with E-state index in [1.807, 2.05) is 0 Å². The van der Waals surface area contributed by atoms with E-state index in [1.54, 1.807) is 0 Å². The van der Waals surface area contributed by atoms with Gasteiger partial charge in [-0.2, -0.15) is 0 Å². The zero-order valence-corrected chi connectivity index (χ0v) is 37.4. The van der Waals surface area contributed by atoms with E-state index in [-0.39, 0.29) is 17.3 Å². The molecule has 6 aliphatic carbocycles. The summed E-state index contributed by atoms with van der Waals surface area (Å²) < 4.78 is 0. The van der Waals surface area contributed by atoms with Gasteiger partial charge >= 0.3 is 0 Å². The van der Waals surface area contributed by atoms with E-state index in [0.29, 0.717) is 5.92 Å². The molecule has 0 radical (unpaired) electrons. The normalized spacial score (nSPS) is 20.4. The van der Waals surface area contributed by atoms with Crippen LogP contribution in [0.5, 0.6) is 0 Å². The van der Waals surface area contributed by atoms with Gasteiger partial charge in [-0.25, -0.2) is 0 Å². The van der Waals surface area contributed by atoms with Gasteiger partial charge in [0.2, 0.25) is 0 Å². The van der Waals surface area contributed by atoms with Gasteiger partial charge in [0.25, 0.3) is 0 Å². The highest BCUT2D eigenvalue weighted by molar-refractivity contribution is 6.07. The third-order valence-electron chi connectivity index (χ3n) is 16.1. The summed E-state index contributed by atoms with van der Waals surface area (Å²) in [6, 6.07) is 66.0. The van der Waals surface area contributed by atoms with Gasteiger partial charge < -0.3 is 0 Å². The molecule has 0 bridgehead atoms. The summed E-state index contributed by atoms with van der Waals surface area (Å²) in [7, 11) is 0. The second kappa shape index (κ2) is 15.1. The van der Waals surface area contributed by atoms with Crippen LogP contribution in [-0.4, -0.2) is 0 Å². The number of hydrogen-bond donors (Lipinski definition) is 0. The average Bonchev–Trinajstić information content (AvgIpc) is 3.86. The van der Waals surface area contributed by atoms with Crippen molar-refractivity contribution in [2.24, 2.45) is 17.8 Å². The van der Waals surface area contributed by atoms with E-state index in [0.717, 1.165) is 19.3 Å². The minimum absolute atomic E-state index is 0.234. The highest BCUT2D eigenvalue weighted by atomic mass is 14.6. The van der Waals surface area contributed by atoms with Crippen LogP contribution >= 0.6 is 0 Å². The summed E-state index contributed by atoms with van der Waals surface area (Å²) in [5.74, 6) is 0.821. The van der Waals surface area contributed by atoms with Gasteiger partial charge in [0.15, 0.2) is 0 Å². The van der Waals surface area contributed by atoms with E-state index < -0.39 is 0 Å². The first-order valence-electron chi connectivity index (χ1n) is 24.2. The number of allylic oxidation sites excluding steroid dienone is 13. The van der Waals surface area contributed by atoms with Crippen LogP contribution < -0.4 is 10.4 Å². The molecule has 0 heteroatoms. The molecule has 1 spiro atoms. The molecular formula is C67H48.